The van der Waals surface area contributed by atoms with Crippen molar-refractivity contribution in [3.05, 3.63) is 0 Å². The summed E-state index contributed by atoms with van der Waals surface area (Å²) in [5.41, 5.74) is 0.166. The van der Waals surface area contributed by atoms with Crippen LogP contribution in [-0.2, 0) is 4.79 Å². The van der Waals surface area contributed by atoms with Crippen molar-refractivity contribution in [2.45, 2.75) is 60.8 Å². The highest BCUT2D eigenvalue weighted by Gasteiger charge is 2.37. The maximum atomic E-state index is 12.3. The Morgan fingerprint density at radius 3 is 2.11 bits per heavy atom. The molecule has 0 heterocycles. The molecule has 0 aliphatic carbocycles. The normalized spacial score (nSPS) is 14.4. The van der Waals surface area contributed by atoms with Gasteiger partial charge >= 0.3 is 0 Å². The van der Waals surface area contributed by atoms with E-state index < -0.39 is 0 Å². The van der Waals surface area contributed by atoms with E-state index in [2.05, 4.69) is 46.9 Å². The second-order valence-electron chi connectivity index (χ2n) is 6.63. The number of rotatable bonds is 8. The summed E-state index contributed by atoms with van der Waals surface area (Å²) in [4.78, 5) is 12.3. The van der Waals surface area contributed by atoms with Crippen molar-refractivity contribution in [3.8, 4) is 0 Å². The van der Waals surface area contributed by atoms with E-state index in [1.807, 2.05) is 0 Å². The molecule has 18 heavy (non-hydrogen) atoms. The summed E-state index contributed by atoms with van der Waals surface area (Å²) in [6.07, 6.45) is 2.93. The summed E-state index contributed by atoms with van der Waals surface area (Å²) in [5.74, 6) is 0.0847. The quantitative estimate of drug-likeness (QED) is 0.702. The number of nitrogens with one attached hydrogen (secondary N) is 1. The van der Waals surface area contributed by atoms with Gasteiger partial charge in [-0.2, -0.15) is 0 Å². The topological polar surface area (TPSA) is 49.3 Å². The van der Waals surface area contributed by atoms with Crippen molar-refractivity contribution < 1.29 is 9.90 Å². The minimum absolute atomic E-state index is 0.00217. The third-order valence-electron chi connectivity index (χ3n) is 4.30. The monoisotopic (exact) mass is 257 g/mol. The first-order valence-corrected chi connectivity index (χ1v) is 7.08. The van der Waals surface area contributed by atoms with Gasteiger partial charge in [-0.15, -0.1) is 0 Å². The second-order valence-corrected chi connectivity index (χ2v) is 6.63. The lowest BCUT2D eigenvalue weighted by molar-refractivity contribution is -0.130. The molecule has 3 heteroatoms. The zero-order valence-electron chi connectivity index (χ0n) is 13.0. The van der Waals surface area contributed by atoms with Crippen molar-refractivity contribution in [1.29, 1.82) is 0 Å². The van der Waals surface area contributed by atoms with E-state index in [1.165, 1.54) is 0 Å². The SMILES string of the molecule is CCC(C)(C)CC(C(=O)NCCO)C(C)(C)CC. The summed E-state index contributed by atoms with van der Waals surface area (Å²) >= 11 is 0. The van der Waals surface area contributed by atoms with E-state index in [0.717, 1.165) is 19.3 Å². The fourth-order valence-corrected chi connectivity index (χ4v) is 1.97. The summed E-state index contributed by atoms with van der Waals surface area (Å²) in [6, 6.07) is 0. The lowest BCUT2D eigenvalue weighted by atomic mass is 9.68. The lowest BCUT2D eigenvalue weighted by Gasteiger charge is -2.37. The van der Waals surface area contributed by atoms with Crippen LogP contribution in [0, 0.1) is 16.7 Å². The Labute approximate surface area is 112 Å². The number of hydrogen-bond donors (Lipinski definition) is 2. The van der Waals surface area contributed by atoms with Gasteiger partial charge in [0, 0.05) is 12.5 Å². The summed E-state index contributed by atoms with van der Waals surface area (Å²) in [7, 11) is 0. The molecule has 0 fully saturated rings. The zero-order chi connectivity index (χ0) is 14.4. The molecule has 0 aliphatic heterocycles. The zero-order valence-corrected chi connectivity index (χ0v) is 13.0. The molecule has 0 saturated heterocycles. The van der Waals surface area contributed by atoms with Gasteiger partial charge in [-0.3, -0.25) is 4.79 Å². The minimum atomic E-state index is -0.00796. The molecule has 0 spiro atoms. The molecule has 3 nitrogen and oxygen atoms in total. The number of aliphatic hydroxyl groups is 1. The highest BCUT2D eigenvalue weighted by Crippen LogP contribution is 2.40. The van der Waals surface area contributed by atoms with E-state index in [-0.39, 0.29) is 29.3 Å². The molecule has 1 amide bonds. The molecule has 0 bridgehead atoms. The molecule has 0 aromatic rings. The van der Waals surface area contributed by atoms with Crippen LogP contribution in [0.4, 0.5) is 0 Å². The summed E-state index contributed by atoms with van der Waals surface area (Å²) in [6.45, 7) is 13.4. The number of carbonyl (C=O) groups is 1. The van der Waals surface area contributed by atoms with Crippen molar-refractivity contribution in [2.24, 2.45) is 16.7 Å². The van der Waals surface area contributed by atoms with Crippen LogP contribution in [0.1, 0.15) is 60.8 Å². The molecule has 0 aromatic carbocycles. The Hall–Kier alpha value is -0.570. The lowest BCUT2D eigenvalue weighted by Crippen LogP contribution is -2.42. The number of aliphatic hydroxyl groups excluding tert-OH is 1. The number of amides is 1. The van der Waals surface area contributed by atoms with E-state index in [0.29, 0.717) is 6.54 Å². The smallest absolute Gasteiger partial charge is 0.223 e. The molecule has 0 radical (unpaired) electrons. The average Bonchev–Trinajstić information content (AvgIpc) is 2.33. The van der Waals surface area contributed by atoms with Crippen molar-refractivity contribution >= 4 is 5.91 Å². The fourth-order valence-electron chi connectivity index (χ4n) is 1.97. The van der Waals surface area contributed by atoms with Gasteiger partial charge in [0.1, 0.15) is 0 Å². The Morgan fingerprint density at radius 1 is 1.17 bits per heavy atom. The predicted octanol–water partition coefficient (Wildman–Crippen LogP) is 2.97. The van der Waals surface area contributed by atoms with Crippen LogP contribution < -0.4 is 5.32 Å². The van der Waals surface area contributed by atoms with Crippen LogP contribution in [-0.4, -0.2) is 24.2 Å². The first-order chi connectivity index (χ1) is 8.20. The van der Waals surface area contributed by atoms with Gasteiger partial charge in [-0.25, -0.2) is 0 Å². The van der Waals surface area contributed by atoms with Crippen LogP contribution in [0.2, 0.25) is 0 Å². The van der Waals surface area contributed by atoms with Crippen molar-refractivity contribution in [2.75, 3.05) is 13.2 Å². The Bertz CT molecular complexity index is 259. The van der Waals surface area contributed by atoms with E-state index in [4.69, 9.17) is 5.11 Å². The number of carbonyl (C=O) groups excluding carboxylic acids is 1. The highest BCUT2D eigenvalue weighted by molar-refractivity contribution is 5.79. The van der Waals surface area contributed by atoms with Gasteiger partial charge in [0.2, 0.25) is 5.91 Å². The van der Waals surface area contributed by atoms with E-state index in [9.17, 15) is 4.79 Å². The Kier molecular flexibility index (Phi) is 6.90. The van der Waals surface area contributed by atoms with E-state index >= 15 is 0 Å². The van der Waals surface area contributed by atoms with Gasteiger partial charge < -0.3 is 10.4 Å². The average molecular weight is 257 g/mol. The maximum Gasteiger partial charge on any atom is 0.223 e. The first-order valence-electron chi connectivity index (χ1n) is 7.08. The molecule has 0 rings (SSSR count). The van der Waals surface area contributed by atoms with Crippen LogP contribution in [0.15, 0.2) is 0 Å². The molecule has 0 aromatic heterocycles. The van der Waals surface area contributed by atoms with Gasteiger partial charge in [-0.1, -0.05) is 54.4 Å². The molecule has 0 saturated carbocycles. The van der Waals surface area contributed by atoms with Gasteiger partial charge in [0.25, 0.3) is 0 Å². The standard InChI is InChI=1S/C15H31NO2/c1-7-14(3,4)11-12(15(5,6)8-2)13(18)16-9-10-17/h12,17H,7-11H2,1-6H3,(H,16,18). The third-order valence-corrected chi connectivity index (χ3v) is 4.30. The molecular formula is C15H31NO2. The van der Waals surface area contributed by atoms with Crippen LogP contribution in [0.25, 0.3) is 0 Å². The fraction of sp³-hybridized carbons (Fsp3) is 0.933. The van der Waals surface area contributed by atoms with Gasteiger partial charge in [0.15, 0.2) is 0 Å². The molecule has 2 N–H and O–H groups in total. The largest absolute Gasteiger partial charge is 0.395 e. The number of hydrogen-bond acceptors (Lipinski definition) is 2. The molecule has 108 valence electrons. The summed E-state index contributed by atoms with van der Waals surface area (Å²) in [5, 5.41) is 11.7. The van der Waals surface area contributed by atoms with Crippen LogP contribution in [0.3, 0.4) is 0 Å². The Balaban J connectivity index is 4.89. The third kappa shape index (κ3) is 5.38. The van der Waals surface area contributed by atoms with Gasteiger partial charge in [0.05, 0.1) is 6.61 Å². The molecule has 1 unspecified atom stereocenters. The molecule has 1 atom stereocenters. The highest BCUT2D eigenvalue weighted by atomic mass is 16.3. The second kappa shape index (κ2) is 7.13. The molecule has 0 aliphatic rings. The minimum Gasteiger partial charge on any atom is -0.395 e. The first kappa shape index (κ1) is 17.4. The van der Waals surface area contributed by atoms with Crippen molar-refractivity contribution in [3.63, 3.8) is 0 Å². The van der Waals surface area contributed by atoms with E-state index in [1.54, 1.807) is 0 Å². The van der Waals surface area contributed by atoms with Crippen LogP contribution in [0.5, 0.6) is 0 Å². The Morgan fingerprint density at radius 2 is 1.72 bits per heavy atom. The van der Waals surface area contributed by atoms with Crippen molar-refractivity contribution in [1.82, 2.24) is 5.32 Å². The molecular weight excluding hydrogens is 226 g/mol. The predicted molar refractivity (Wildman–Crippen MR) is 76.3 cm³/mol. The van der Waals surface area contributed by atoms with Crippen LogP contribution >= 0.6 is 0 Å². The summed E-state index contributed by atoms with van der Waals surface area (Å²) < 4.78 is 0. The maximum absolute atomic E-state index is 12.3. The van der Waals surface area contributed by atoms with Gasteiger partial charge in [-0.05, 0) is 17.3 Å².